The van der Waals surface area contributed by atoms with Gasteiger partial charge in [0, 0.05) is 12.0 Å². The van der Waals surface area contributed by atoms with E-state index >= 15 is 0 Å². The molecule has 0 saturated carbocycles. The van der Waals surface area contributed by atoms with Crippen LogP contribution >= 0.6 is 0 Å². The fourth-order valence-electron chi connectivity index (χ4n) is 6.07. The number of nitrogens with zero attached hydrogens (tertiary/aromatic N) is 2. The zero-order chi connectivity index (χ0) is 29.9. The molecule has 0 spiro atoms. The number of amides is 4. The zero-order valence-corrected chi connectivity index (χ0v) is 23.9. The van der Waals surface area contributed by atoms with E-state index in [4.69, 9.17) is 4.74 Å². The molecule has 0 aliphatic carbocycles. The van der Waals surface area contributed by atoms with Crippen LogP contribution < -0.4 is 0 Å². The lowest BCUT2D eigenvalue weighted by Gasteiger charge is -2.30. The Hall–Kier alpha value is -5.04. The maximum Gasteiger partial charge on any atom is 0.416 e. The van der Waals surface area contributed by atoms with Crippen LogP contribution in [0.4, 0.5) is 4.79 Å². The normalized spacial score (nSPS) is 17.5. The second kappa shape index (κ2) is 12.1. The summed E-state index contributed by atoms with van der Waals surface area (Å²) in [4.78, 5) is 56.1. The van der Waals surface area contributed by atoms with E-state index in [0.29, 0.717) is 24.0 Å². The Labute approximate surface area is 250 Å². The zero-order valence-electron chi connectivity index (χ0n) is 23.9. The van der Waals surface area contributed by atoms with Gasteiger partial charge >= 0.3 is 6.09 Å². The molecule has 1 saturated heterocycles. The first kappa shape index (κ1) is 28.1. The molecule has 216 valence electrons. The summed E-state index contributed by atoms with van der Waals surface area (Å²) in [6.45, 7) is 1.87. The van der Waals surface area contributed by atoms with Gasteiger partial charge in [-0.25, -0.2) is 9.69 Å². The lowest BCUT2D eigenvalue weighted by atomic mass is 9.92. The number of cyclic esters (lactones) is 1. The minimum Gasteiger partial charge on any atom is -0.447 e. The summed E-state index contributed by atoms with van der Waals surface area (Å²) in [6, 6.07) is 33.5. The van der Waals surface area contributed by atoms with Gasteiger partial charge in [0.1, 0.15) is 6.61 Å². The van der Waals surface area contributed by atoms with E-state index in [0.717, 1.165) is 22.3 Å². The van der Waals surface area contributed by atoms with E-state index in [1.165, 1.54) is 9.80 Å². The average molecular weight is 573 g/mol. The van der Waals surface area contributed by atoms with E-state index < -0.39 is 24.1 Å². The number of hydrogen-bond acceptors (Lipinski definition) is 5. The van der Waals surface area contributed by atoms with Crippen LogP contribution in [0.15, 0.2) is 109 Å². The largest absolute Gasteiger partial charge is 0.447 e. The quantitative estimate of drug-likeness (QED) is 0.224. The van der Waals surface area contributed by atoms with Gasteiger partial charge in [-0.05, 0) is 53.6 Å². The van der Waals surface area contributed by atoms with Gasteiger partial charge in [-0.2, -0.15) is 0 Å². The van der Waals surface area contributed by atoms with Crippen LogP contribution in [0.25, 0.3) is 11.1 Å². The first-order valence-electron chi connectivity index (χ1n) is 14.6. The third-order valence-electron chi connectivity index (χ3n) is 8.28. The average Bonchev–Trinajstić information content (AvgIpc) is 3.52. The molecule has 0 radical (unpaired) electrons. The predicted molar refractivity (Wildman–Crippen MR) is 162 cm³/mol. The summed E-state index contributed by atoms with van der Waals surface area (Å²) in [5.74, 6) is -1.76. The van der Waals surface area contributed by atoms with Gasteiger partial charge in [-0.15, -0.1) is 0 Å². The second-order valence-corrected chi connectivity index (χ2v) is 11.2. The van der Waals surface area contributed by atoms with Crippen LogP contribution in [0.1, 0.15) is 45.2 Å². The van der Waals surface area contributed by atoms with Crippen LogP contribution in [0.2, 0.25) is 0 Å². The van der Waals surface area contributed by atoms with E-state index in [2.05, 4.69) is 0 Å². The van der Waals surface area contributed by atoms with Gasteiger partial charge in [-0.1, -0.05) is 104 Å². The van der Waals surface area contributed by atoms with Gasteiger partial charge in [0.05, 0.1) is 17.2 Å². The molecule has 2 heterocycles. The highest BCUT2D eigenvalue weighted by molar-refractivity contribution is 6.21. The number of fused-ring (bicyclic) bond motifs is 1. The second-order valence-electron chi connectivity index (χ2n) is 11.2. The van der Waals surface area contributed by atoms with Crippen molar-refractivity contribution in [1.82, 2.24) is 9.80 Å². The minimum absolute atomic E-state index is 0.127. The number of rotatable bonds is 9. The van der Waals surface area contributed by atoms with Crippen molar-refractivity contribution < 1.29 is 23.9 Å². The lowest BCUT2D eigenvalue weighted by Crippen LogP contribution is -2.47. The first-order valence-corrected chi connectivity index (χ1v) is 14.6. The Balaban J connectivity index is 1.25. The van der Waals surface area contributed by atoms with Crippen molar-refractivity contribution in [1.29, 1.82) is 0 Å². The molecule has 7 heteroatoms. The summed E-state index contributed by atoms with van der Waals surface area (Å²) >= 11 is 0. The van der Waals surface area contributed by atoms with Crippen molar-refractivity contribution in [2.45, 2.75) is 38.3 Å². The smallest absolute Gasteiger partial charge is 0.416 e. The van der Waals surface area contributed by atoms with Gasteiger partial charge < -0.3 is 4.74 Å². The monoisotopic (exact) mass is 572 g/mol. The highest BCUT2D eigenvalue weighted by Gasteiger charge is 2.43. The van der Waals surface area contributed by atoms with Gasteiger partial charge in [0.2, 0.25) is 5.91 Å². The molecule has 43 heavy (non-hydrogen) atoms. The van der Waals surface area contributed by atoms with Crippen LogP contribution in [-0.4, -0.2) is 52.3 Å². The lowest BCUT2D eigenvalue weighted by molar-refractivity contribution is -0.133. The fraction of sp³-hybridized carbons (Fsp3) is 0.222. The number of carbonyl (C=O) groups excluding carboxylic acids is 4. The number of hydrogen-bond donors (Lipinski definition) is 0. The molecule has 4 aromatic carbocycles. The third-order valence-corrected chi connectivity index (χ3v) is 8.28. The Kier molecular flexibility index (Phi) is 7.88. The molecule has 7 nitrogen and oxygen atoms in total. The number of imide groups is 2. The van der Waals surface area contributed by atoms with Crippen molar-refractivity contribution in [2.24, 2.45) is 5.92 Å². The van der Waals surface area contributed by atoms with Crippen LogP contribution in [0, 0.1) is 5.92 Å². The Morgan fingerprint density at radius 1 is 0.744 bits per heavy atom. The Morgan fingerprint density at radius 2 is 1.30 bits per heavy atom. The molecular formula is C36H32N2O5. The fourth-order valence-corrected chi connectivity index (χ4v) is 6.07. The van der Waals surface area contributed by atoms with Crippen molar-refractivity contribution in [3.05, 3.63) is 131 Å². The SMILES string of the molecule is C[C@H](CC(Cc1ccc(-c2ccccc2)cc1)N1C(=O)c2ccccc2C1=O)C(=O)N1C(=O)OCC1Cc1ccccc1. The van der Waals surface area contributed by atoms with Crippen molar-refractivity contribution in [3.63, 3.8) is 0 Å². The van der Waals surface area contributed by atoms with E-state index in [9.17, 15) is 19.2 Å². The van der Waals surface area contributed by atoms with Crippen molar-refractivity contribution in [3.8, 4) is 11.1 Å². The van der Waals surface area contributed by atoms with Gasteiger partial charge in [-0.3, -0.25) is 19.3 Å². The van der Waals surface area contributed by atoms with Crippen LogP contribution in [0.5, 0.6) is 0 Å². The maximum atomic E-state index is 13.8. The van der Waals surface area contributed by atoms with E-state index in [1.54, 1.807) is 31.2 Å². The highest BCUT2D eigenvalue weighted by atomic mass is 16.6. The molecular weight excluding hydrogens is 540 g/mol. The minimum atomic E-state index is -0.661. The van der Waals surface area contributed by atoms with Crippen LogP contribution in [-0.2, 0) is 22.4 Å². The molecule has 0 aromatic heterocycles. The highest BCUT2D eigenvalue weighted by Crippen LogP contribution is 2.31. The summed E-state index contributed by atoms with van der Waals surface area (Å²) in [7, 11) is 0. The Bertz CT molecular complexity index is 1620. The standard InChI is InChI=1S/C36H32N2O5/c1-24(33(39)38-30(23-43-36(38)42)22-25-10-4-2-5-11-25)20-29(37-34(40)31-14-8-9-15-32(31)35(37)41)21-26-16-18-28(19-17-26)27-12-6-3-7-13-27/h2-19,24,29-30H,20-23H2,1H3/t24-,29?,30?/m1/s1. The topological polar surface area (TPSA) is 84.0 Å². The first-order chi connectivity index (χ1) is 20.9. The summed E-state index contributed by atoms with van der Waals surface area (Å²) in [5.41, 5.74) is 4.81. The van der Waals surface area contributed by atoms with Crippen LogP contribution in [0.3, 0.4) is 0 Å². The molecule has 6 rings (SSSR count). The molecule has 4 aromatic rings. The molecule has 4 amide bonds. The molecule has 2 unspecified atom stereocenters. The maximum absolute atomic E-state index is 13.8. The summed E-state index contributed by atoms with van der Waals surface area (Å²) < 4.78 is 5.29. The molecule has 2 aliphatic rings. The third kappa shape index (κ3) is 5.71. The van der Waals surface area contributed by atoms with Crippen molar-refractivity contribution in [2.75, 3.05) is 6.61 Å². The van der Waals surface area contributed by atoms with Gasteiger partial charge in [0.25, 0.3) is 11.8 Å². The summed E-state index contributed by atoms with van der Waals surface area (Å²) in [6.07, 6.45) is 0.398. The van der Waals surface area contributed by atoms with Gasteiger partial charge in [0.15, 0.2) is 0 Å². The molecule has 0 bridgehead atoms. The predicted octanol–water partition coefficient (Wildman–Crippen LogP) is 6.18. The molecule has 3 atom stereocenters. The number of benzene rings is 4. The summed E-state index contributed by atoms with van der Waals surface area (Å²) in [5, 5.41) is 0. The Morgan fingerprint density at radius 3 is 1.93 bits per heavy atom. The van der Waals surface area contributed by atoms with E-state index in [-0.39, 0.29) is 30.7 Å². The molecule has 2 aliphatic heterocycles. The number of carbonyl (C=O) groups is 4. The number of ether oxygens (including phenoxy) is 1. The molecule has 1 fully saturated rings. The van der Waals surface area contributed by atoms with Crippen molar-refractivity contribution >= 4 is 23.8 Å². The molecule has 0 N–H and O–H groups in total. The van der Waals surface area contributed by atoms with E-state index in [1.807, 2.05) is 84.9 Å².